The number of carbonyl (C=O) groups excluding carboxylic acids is 1. The number of nitro groups is 1. The average molecular weight is 386 g/mol. The van der Waals surface area contributed by atoms with Gasteiger partial charge in [0.05, 0.1) is 11.5 Å². The van der Waals surface area contributed by atoms with Crippen LogP contribution >= 0.6 is 0 Å². The largest absolute Gasteiger partial charge is 0.492 e. The summed E-state index contributed by atoms with van der Waals surface area (Å²) < 4.78 is 11.2. The number of benzene rings is 2. The average Bonchev–Trinajstić information content (AvgIpc) is 2.59. The van der Waals surface area contributed by atoms with Crippen LogP contribution in [0.3, 0.4) is 0 Å². The smallest absolute Gasteiger partial charge is 0.410 e. The van der Waals surface area contributed by atoms with E-state index in [9.17, 15) is 14.9 Å². The number of aryl methyl sites for hydroxylation is 1. The second-order valence-electron chi connectivity index (χ2n) is 7.49. The molecule has 0 aliphatic heterocycles. The van der Waals surface area contributed by atoms with E-state index in [0.717, 1.165) is 11.3 Å². The van der Waals surface area contributed by atoms with E-state index in [-0.39, 0.29) is 25.4 Å². The Hall–Kier alpha value is -3.09. The minimum Gasteiger partial charge on any atom is -0.492 e. The third-order valence-electron chi connectivity index (χ3n) is 3.77. The first-order valence-corrected chi connectivity index (χ1v) is 9.05. The van der Waals surface area contributed by atoms with Crippen LogP contribution in [0.15, 0.2) is 48.5 Å². The van der Waals surface area contributed by atoms with Crippen LogP contribution in [-0.4, -0.2) is 34.7 Å². The Labute approximate surface area is 165 Å². The van der Waals surface area contributed by atoms with Crippen LogP contribution in [-0.2, 0) is 11.3 Å². The van der Waals surface area contributed by atoms with Gasteiger partial charge in [-0.05, 0) is 51.0 Å². The van der Waals surface area contributed by atoms with Crippen molar-refractivity contribution in [3.05, 3.63) is 69.8 Å². The monoisotopic (exact) mass is 386 g/mol. The Morgan fingerprint density at radius 2 is 1.86 bits per heavy atom. The molecule has 0 saturated carbocycles. The number of hydrogen-bond donors (Lipinski definition) is 0. The topological polar surface area (TPSA) is 81.9 Å². The van der Waals surface area contributed by atoms with Crippen molar-refractivity contribution in [2.75, 3.05) is 13.2 Å². The van der Waals surface area contributed by atoms with Crippen LogP contribution in [0.4, 0.5) is 10.5 Å². The van der Waals surface area contributed by atoms with Gasteiger partial charge in [0.2, 0.25) is 0 Å². The van der Waals surface area contributed by atoms with Crippen molar-refractivity contribution < 1.29 is 19.2 Å². The van der Waals surface area contributed by atoms with Gasteiger partial charge in [-0.25, -0.2) is 4.79 Å². The number of ether oxygens (including phenoxy) is 2. The number of nitrogens with zero attached hydrogens (tertiary/aromatic N) is 2. The van der Waals surface area contributed by atoms with E-state index >= 15 is 0 Å². The normalized spacial score (nSPS) is 11.0. The zero-order valence-electron chi connectivity index (χ0n) is 16.7. The van der Waals surface area contributed by atoms with Crippen LogP contribution in [0.25, 0.3) is 0 Å². The molecule has 0 fully saturated rings. The fourth-order valence-electron chi connectivity index (χ4n) is 2.53. The summed E-state index contributed by atoms with van der Waals surface area (Å²) >= 11 is 0. The molecule has 2 aromatic carbocycles. The number of non-ortho nitro benzene ring substituents is 1. The highest BCUT2D eigenvalue weighted by Gasteiger charge is 2.23. The van der Waals surface area contributed by atoms with E-state index in [2.05, 4.69) is 0 Å². The summed E-state index contributed by atoms with van der Waals surface area (Å²) in [7, 11) is 0. The number of rotatable bonds is 7. The molecule has 0 aromatic heterocycles. The van der Waals surface area contributed by atoms with Crippen molar-refractivity contribution >= 4 is 11.8 Å². The first kappa shape index (κ1) is 21.2. The minimum atomic E-state index is -0.643. The van der Waals surface area contributed by atoms with E-state index in [1.165, 1.54) is 17.0 Å². The third-order valence-corrected chi connectivity index (χ3v) is 3.77. The van der Waals surface area contributed by atoms with E-state index in [1.807, 2.05) is 31.2 Å². The van der Waals surface area contributed by atoms with Gasteiger partial charge in [-0.15, -0.1) is 0 Å². The molecule has 0 heterocycles. The second-order valence-corrected chi connectivity index (χ2v) is 7.49. The lowest BCUT2D eigenvalue weighted by Crippen LogP contribution is -2.38. The Bertz CT molecular complexity index is 830. The summed E-state index contributed by atoms with van der Waals surface area (Å²) in [5.41, 5.74) is 1.07. The highest BCUT2D eigenvalue weighted by Crippen LogP contribution is 2.17. The first-order chi connectivity index (χ1) is 13.1. The molecule has 0 aliphatic carbocycles. The molecule has 2 rings (SSSR count). The minimum absolute atomic E-state index is 0.0161. The van der Waals surface area contributed by atoms with Crippen molar-refractivity contribution in [1.29, 1.82) is 0 Å². The molecule has 0 spiro atoms. The molecule has 1 amide bonds. The molecule has 0 atom stereocenters. The summed E-state index contributed by atoms with van der Waals surface area (Å²) in [5.74, 6) is 0.722. The molecule has 0 N–H and O–H groups in total. The van der Waals surface area contributed by atoms with Crippen LogP contribution in [0.1, 0.15) is 31.9 Å². The predicted molar refractivity (Wildman–Crippen MR) is 106 cm³/mol. The fraction of sp³-hybridized carbons (Fsp3) is 0.381. The van der Waals surface area contributed by atoms with Crippen LogP contribution in [0.2, 0.25) is 0 Å². The van der Waals surface area contributed by atoms with E-state index < -0.39 is 16.6 Å². The van der Waals surface area contributed by atoms with Gasteiger partial charge in [0, 0.05) is 18.7 Å². The Morgan fingerprint density at radius 3 is 2.50 bits per heavy atom. The maximum atomic E-state index is 12.6. The molecule has 0 radical (unpaired) electrons. The standard InChI is InChI=1S/C21H26N2O5/c1-16-7-5-10-19(13-16)27-12-11-22(20(24)28-21(2,3)4)15-17-8-6-9-18(14-17)23(25)26/h5-10,13-14H,11-12,15H2,1-4H3. The van der Waals surface area contributed by atoms with Gasteiger partial charge >= 0.3 is 6.09 Å². The molecule has 2 aromatic rings. The highest BCUT2D eigenvalue weighted by molar-refractivity contribution is 5.68. The summed E-state index contributed by atoms with van der Waals surface area (Å²) in [6.07, 6.45) is -0.494. The molecule has 7 heteroatoms. The number of hydrogen-bond acceptors (Lipinski definition) is 5. The molecule has 150 valence electrons. The number of carbonyl (C=O) groups is 1. The van der Waals surface area contributed by atoms with Gasteiger partial charge in [-0.1, -0.05) is 24.3 Å². The molecule has 0 saturated heterocycles. The molecule has 7 nitrogen and oxygen atoms in total. The third kappa shape index (κ3) is 6.90. The SMILES string of the molecule is Cc1cccc(OCCN(Cc2cccc([N+](=O)[O-])c2)C(=O)OC(C)(C)C)c1. The number of nitro benzene ring substituents is 1. The van der Waals surface area contributed by atoms with E-state index in [4.69, 9.17) is 9.47 Å². The van der Waals surface area contributed by atoms with Crippen LogP contribution in [0.5, 0.6) is 5.75 Å². The first-order valence-electron chi connectivity index (χ1n) is 9.05. The summed E-state index contributed by atoms with van der Waals surface area (Å²) in [4.78, 5) is 24.6. The van der Waals surface area contributed by atoms with Crippen molar-refractivity contribution in [3.8, 4) is 5.75 Å². The fourth-order valence-corrected chi connectivity index (χ4v) is 2.53. The molecular weight excluding hydrogens is 360 g/mol. The van der Waals surface area contributed by atoms with Gasteiger partial charge in [-0.2, -0.15) is 0 Å². The zero-order valence-corrected chi connectivity index (χ0v) is 16.7. The van der Waals surface area contributed by atoms with Crippen LogP contribution in [0, 0.1) is 17.0 Å². The molecule has 28 heavy (non-hydrogen) atoms. The molecule has 0 unspecified atom stereocenters. The van der Waals surface area contributed by atoms with Gasteiger partial charge in [0.15, 0.2) is 0 Å². The maximum absolute atomic E-state index is 12.6. The van der Waals surface area contributed by atoms with E-state index in [1.54, 1.807) is 32.9 Å². The van der Waals surface area contributed by atoms with Crippen molar-refractivity contribution in [3.63, 3.8) is 0 Å². The van der Waals surface area contributed by atoms with Gasteiger partial charge in [0.25, 0.3) is 5.69 Å². The zero-order chi connectivity index (χ0) is 20.7. The lowest BCUT2D eigenvalue weighted by atomic mass is 10.2. The molecule has 0 aliphatic rings. The lowest BCUT2D eigenvalue weighted by Gasteiger charge is -2.27. The van der Waals surface area contributed by atoms with Gasteiger partial charge in [-0.3, -0.25) is 10.1 Å². The predicted octanol–water partition coefficient (Wildman–Crippen LogP) is 4.72. The van der Waals surface area contributed by atoms with Crippen molar-refractivity contribution in [2.24, 2.45) is 0 Å². The number of amides is 1. The Morgan fingerprint density at radius 1 is 1.14 bits per heavy atom. The van der Waals surface area contributed by atoms with Crippen LogP contribution < -0.4 is 4.74 Å². The van der Waals surface area contributed by atoms with E-state index in [0.29, 0.717) is 5.56 Å². The highest BCUT2D eigenvalue weighted by atomic mass is 16.6. The molecular formula is C21H26N2O5. The van der Waals surface area contributed by atoms with Crippen molar-refractivity contribution in [1.82, 2.24) is 4.90 Å². The van der Waals surface area contributed by atoms with Gasteiger partial charge < -0.3 is 14.4 Å². The molecule has 0 bridgehead atoms. The summed E-state index contributed by atoms with van der Waals surface area (Å²) in [6, 6.07) is 13.9. The summed E-state index contributed by atoms with van der Waals surface area (Å²) in [6.45, 7) is 8.10. The van der Waals surface area contributed by atoms with Gasteiger partial charge in [0.1, 0.15) is 18.0 Å². The maximum Gasteiger partial charge on any atom is 0.410 e. The second kappa shape index (κ2) is 9.21. The Kier molecular flexibility index (Phi) is 6.98. The quantitative estimate of drug-likeness (QED) is 0.508. The van der Waals surface area contributed by atoms with Crippen molar-refractivity contribution in [2.45, 2.75) is 39.8 Å². The summed E-state index contributed by atoms with van der Waals surface area (Å²) in [5, 5.41) is 11.0. The lowest BCUT2D eigenvalue weighted by molar-refractivity contribution is -0.384. The Balaban J connectivity index is 2.09.